The van der Waals surface area contributed by atoms with Gasteiger partial charge in [-0.3, -0.25) is 0 Å². The number of aromatic nitrogens is 3. The lowest BCUT2D eigenvalue weighted by Crippen LogP contribution is -2.16. The van der Waals surface area contributed by atoms with Crippen LogP contribution in [0.2, 0.25) is 0 Å². The van der Waals surface area contributed by atoms with Crippen LogP contribution in [0.3, 0.4) is 0 Å². The maximum Gasteiger partial charge on any atom is 0.146 e. The summed E-state index contributed by atoms with van der Waals surface area (Å²) in [4.78, 5) is 8.32. The Balaban J connectivity index is 2.27. The molecule has 0 saturated heterocycles. The number of nitrogen functional groups attached to an aromatic ring is 1. The molecule has 0 unspecified atom stereocenters. The summed E-state index contributed by atoms with van der Waals surface area (Å²) in [6.07, 6.45) is 7.38. The second-order valence-electron chi connectivity index (χ2n) is 3.93. The first-order valence-electron chi connectivity index (χ1n) is 5.04. The number of nitrogens with zero attached hydrogens (tertiary/aromatic N) is 3. The van der Waals surface area contributed by atoms with Crippen molar-refractivity contribution in [2.75, 3.05) is 5.73 Å². The first-order chi connectivity index (χ1) is 7.27. The minimum Gasteiger partial charge on any atom is -0.383 e. The van der Waals surface area contributed by atoms with Gasteiger partial charge in [0.15, 0.2) is 0 Å². The van der Waals surface area contributed by atoms with Crippen LogP contribution in [0.25, 0.3) is 11.0 Å². The van der Waals surface area contributed by atoms with Gasteiger partial charge in [0.1, 0.15) is 17.8 Å². The Morgan fingerprint density at radius 2 is 2.20 bits per heavy atom. The molecule has 1 aliphatic carbocycles. The van der Waals surface area contributed by atoms with Crippen molar-refractivity contribution in [3.63, 3.8) is 0 Å². The van der Waals surface area contributed by atoms with E-state index in [1.807, 2.05) is 0 Å². The highest BCUT2D eigenvalue weighted by Crippen LogP contribution is 2.37. The van der Waals surface area contributed by atoms with E-state index in [1.54, 1.807) is 0 Å². The van der Waals surface area contributed by atoms with Gasteiger partial charge in [-0.1, -0.05) is 0 Å². The van der Waals surface area contributed by atoms with Crippen molar-refractivity contribution in [2.45, 2.75) is 25.3 Å². The number of halogens is 1. The van der Waals surface area contributed by atoms with Crippen molar-refractivity contribution in [2.24, 2.45) is 0 Å². The summed E-state index contributed by atoms with van der Waals surface area (Å²) in [5, 5.41) is 0.935. The fraction of sp³-hybridized carbons (Fsp3) is 0.400. The fourth-order valence-electron chi connectivity index (χ4n) is 2.01. The minimum atomic E-state index is 0.546. The summed E-state index contributed by atoms with van der Waals surface area (Å²) >= 11 is 3.51. The number of hydrogen-bond donors (Lipinski definition) is 1. The quantitative estimate of drug-likeness (QED) is 0.863. The molecular weight excluding hydrogens is 256 g/mol. The molecule has 0 radical (unpaired) electrons. The lowest BCUT2D eigenvalue weighted by Gasteiger charge is -2.27. The van der Waals surface area contributed by atoms with Gasteiger partial charge < -0.3 is 10.3 Å². The van der Waals surface area contributed by atoms with E-state index in [4.69, 9.17) is 5.73 Å². The summed E-state index contributed by atoms with van der Waals surface area (Å²) in [6, 6.07) is 0.591. The molecule has 3 rings (SSSR count). The third-order valence-electron chi connectivity index (χ3n) is 3.06. The molecule has 0 aliphatic heterocycles. The SMILES string of the molecule is Nc1ncnc2c1c(Br)cn2C1CCC1. The molecule has 15 heavy (non-hydrogen) atoms. The first kappa shape index (κ1) is 9.15. The van der Waals surface area contributed by atoms with Gasteiger partial charge in [-0.25, -0.2) is 9.97 Å². The van der Waals surface area contributed by atoms with Gasteiger partial charge in [0, 0.05) is 16.7 Å². The third-order valence-corrected chi connectivity index (χ3v) is 3.66. The van der Waals surface area contributed by atoms with Gasteiger partial charge in [0.2, 0.25) is 0 Å². The summed E-state index contributed by atoms with van der Waals surface area (Å²) in [5.41, 5.74) is 6.78. The van der Waals surface area contributed by atoms with E-state index in [-0.39, 0.29) is 0 Å². The molecule has 0 amide bonds. The first-order valence-corrected chi connectivity index (χ1v) is 5.83. The van der Waals surface area contributed by atoms with Crippen LogP contribution >= 0.6 is 15.9 Å². The Hall–Kier alpha value is -1.10. The average Bonchev–Trinajstić information content (AvgIpc) is 2.43. The van der Waals surface area contributed by atoms with Gasteiger partial charge in [-0.05, 0) is 35.2 Å². The van der Waals surface area contributed by atoms with E-state index < -0.39 is 0 Å². The van der Waals surface area contributed by atoms with Crippen molar-refractivity contribution in [1.82, 2.24) is 14.5 Å². The fourth-order valence-corrected chi connectivity index (χ4v) is 2.61. The van der Waals surface area contributed by atoms with Gasteiger partial charge >= 0.3 is 0 Å². The zero-order chi connectivity index (χ0) is 10.4. The average molecular weight is 267 g/mol. The van der Waals surface area contributed by atoms with Gasteiger partial charge in [0.05, 0.1) is 5.39 Å². The standard InChI is InChI=1S/C10H11BrN4/c11-7-4-15(6-2-1-3-6)10-8(7)9(12)13-5-14-10/h4-6H,1-3H2,(H2,12,13,14). The van der Waals surface area contributed by atoms with E-state index in [1.165, 1.54) is 25.6 Å². The second-order valence-corrected chi connectivity index (χ2v) is 4.78. The van der Waals surface area contributed by atoms with Gasteiger partial charge in [-0.15, -0.1) is 0 Å². The predicted molar refractivity (Wildman–Crippen MR) is 62.5 cm³/mol. The third kappa shape index (κ3) is 1.26. The van der Waals surface area contributed by atoms with Gasteiger partial charge in [-0.2, -0.15) is 0 Å². The molecule has 2 N–H and O–H groups in total. The summed E-state index contributed by atoms with van der Waals surface area (Å²) in [7, 11) is 0. The maximum absolute atomic E-state index is 5.84. The largest absolute Gasteiger partial charge is 0.383 e. The van der Waals surface area contributed by atoms with Crippen molar-refractivity contribution in [3.8, 4) is 0 Å². The number of fused-ring (bicyclic) bond motifs is 1. The van der Waals surface area contributed by atoms with E-state index >= 15 is 0 Å². The molecule has 0 spiro atoms. The maximum atomic E-state index is 5.84. The lowest BCUT2D eigenvalue weighted by molar-refractivity contribution is 0.320. The number of anilines is 1. The Morgan fingerprint density at radius 1 is 1.40 bits per heavy atom. The highest BCUT2D eigenvalue weighted by Gasteiger charge is 2.23. The van der Waals surface area contributed by atoms with Gasteiger partial charge in [0.25, 0.3) is 0 Å². The van der Waals surface area contributed by atoms with Crippen LogP contribution in [0.5, 0.6) is 0 Å². The van der Waals surface area contributed by atoms with Crippen molar-refractivity contribution in [3.05, 3.63) is 17.0 Å². The van der Waals surface area contributed by atoms with Crippen LogP contribution in [0.4, 0.5) is 5.82 Å². The zero-order valence-corrected chi connectivity index (χ0v) is 9.74. The number of nitrogens with two attached hydrogens (primary N) is 1. The van der Waals surface area contributed by atoms with Crippen LogP contribution in [-0.2, 0) is 0 Å². The van der Waals surface area contributed by atoms with Crippen LogP contribution in [-0.4, -0.2) is 14.5 Å². The molecule has 2 aromatic heterocycles. The monoisotopic (exact) mass is 266 g/mol. The van der Waals surface area contributed by atoms with Crippen LogP contribution in [0.15, 0.2) is 17.0 Å². The Labute approximate surface area is 95.6 Å². The molecule has 0 aromatic carbocycles. The minimum absolute atomic E-state index is 0.546. The summed E-state index contributed by atoms with van der Waals surface area (Å²) < 4.78 is 3.20. The van der Waals surface area contributed by atoms with Crippen molar-refractivity contribution < 1.29 is 0 Å². The second kappa shape index (κ2) is 3.20. The van der Waals surface area contributed by atoms with E-state index in [0.29, 0.717) is 11.9 Å². The predicted octanol–water partition coefficient (Wildman–Crippen LogP) is 2.50. The smallest absolute Gasteiger partial charge is 0.146 e. The van der Waals surface area contributed by atoms with Crippen molar-refractivity contribution in [1.29, 1.82) is 0 Å². The Morgan fingerprint density at radius 3 is 2.87 bits per heavy atom. The molecule has 2 heterocycles. The molecule has 5 heteroatoms. The van der Waals surface area contributed by atoms with E-state index in [9.17, 15) is 0 Å². The summed E-state index contributed by atoms with van der Waals surface area (Å²) in [6.45, 7) is 0. The Bertz CT molecular complexity index is 515. The molecule has 0 bridgehead atoms. The zero-order valence-electron chi connectivity index (χ0n) is 8.15. The summed E-state index contributed by atoms with van der Waals surface area (Å²) in [5.74, 6) is 0.546. The normalized spacial score (nSPS) is 16.9. The molecular formula is C10H11BrN4. The molecule has 2 aromatic rings. The highest BCUT2D eigenvalue weighted by molar-refractivity contribution is 9.10. The Kier molecular flexibility index (Phi) is 1.95. The van der Waals surface area contributed by atoms with Crippen LogP contribution in [0.1, 0.15) is 25.3 Å². The van der Waals surface area contributed by atoms with E-state index in [2.05, 4.69) is 36.7 Å². The molecule has 1 saturated carbocycles. The van der Waals surface area contributed by atoms with Crippen LogP contribution < -0.4 is 5.73 Å². The molecule has 0 atom stereocenters. The lowest BCUT2D eigenvalue weighted by atomic mass is 9.93. The number of hydrogen-bond acceptors (Lipinski definition) is 3. The molecule has 78 valence electrons. The molecule has 1 aliphatic rings. The van der Waals surface area contributed by atoms with E-state index in [0.717, 1.165) is 15.5 Å². The van der Waals surface area contributed by atoms with Crippen LogP contribution in [0, 0.1) is 0 Å². The highest BCUT2D eigenvalue weighted by atomic mass is 79.9. The van der Waals surface area contributed by atoms with Crippen molar-refractivity contribution >= 4 is 32.8 Å². The number of rotatable bonds is 1. The topological polar surface area (TPSA) is 56.7 Å². The molecule has 4 nitrogen and oxygen atoms in total. The molecule has 1 fully saturated rings.